The number of rotatable bonds is 5. The summed E-state index contributed by atoms with van der Waals surface area (Å²) in [7, 11) is 1.59. The van der Waals surface area contributed by atoms with Gasteiger partial charge in [-0.05, 0) is 25.0 Å². The molecule has 1 aliphatic rings. The van der Waals surface area contributed by atoms with Gasteiger partial charge < -0.3 is 15.4 Å². The molecule has 1 fully saturated rings. The first-order chi connectivity index (χ1) is 11.7. The maximum absolute atomic E-state index is 12.3. The van der Waals surface area contributed by atoms with Crippen LogP contribution in [0.1, 0.15) is 42.5 Å². The molecule has 1 saturated carbocycles. The number of nitrogens with zero attached hydrogens (tertiary/aromatic N) is 2. The SMILES string of the molecule is COc1cccc(NC(=O)c2cnc(NC3CCCCC3)nc2)c1. The Balaban J connectivity index is 1.60. The van der Waals surface area contributed by atoms with Crippen molar-refractivity contribution in [1.29, 1.82) is 0 Å². The zero-order valence-electron chi connectivity index (χ0n) is 13.8. The monoisotopic (exact) mass is 326 g/mol. The lowest BCUT2D eigenvalue weighted by molar-refractivity contribution is 0.102. The van der Waals surface area contributed by atoms with E-state index in [1.54, 1.807) is 31.6 Å². The molecule has 0 radical (unpaired) electrons. The van der Waals surface area contributed by atoms with Crippen LogP contribution in [0.2, 0.25) is 0 Å². The van der Waals surface area contributed by atoms with Crippen LogP contribution in [0.5, 0.6) is 5.75 Å². The van der Waals surface area contributed by atoms with Crippen LogP contribution in [0, 0.1) is 0 Å². The zero-order chi connectivity index (χ0) is 16.8. The van der Waals surface area contributed by atoms with Gasteiger partial charge in [0, 0.05) is 30.2 Å². The second-order valence-electron chi connectivity index (χ2n) is 5.96. The highest BCUT2D eigenvalue weighted by atomic mass is 16.5. The van der Waals surface area contributed by atoms with E-state index in [1.165, 1.54) is 19.3 Å². The average molecular weight is 326 g/mol. The van der Waals surface area contributed by atoms with Crippen LogP contribution in [0.15, 0.2) is 36.7 Å². The van der Waals surface area contributed by atoms with Gasteiger partial charge in [0.2, 0.25) is 5.95 Å². The first kappa shape index (κ1) is 16.2. The van der Waals surface area contributed by atoms with Crippen molar-refractivity contribution < 1.29 is 9.53 Å². The minimum absolute atomic E-state index is 0.243. The van der Waals surface area contributed by atoms with E-state index in [-0.39, 0.29) is 5.91 Å². The number of methoxy groups -OCH3 is 1. The smallest absolute Gasteiger partial charge is 0.258 e. The summed E-state index contributed by atoms with van der Waals surface area (Å²) in [5, 5.41) is 6.16. The van der Waals surface area contributed by atoms with Gasteiger partial charge in [-0.25, -0.2) is 9.97 Å². The molecule has 1 amide bonds. The summed E-state index contributed by atoms with van der Waals surface area (Å²) < 4.78 is 5.15. The summed E-state index contributed by atoms with van der Waals surface area (Å²) in [5.41, 5.74) is 1.09. The van der Waals surface area contributed by atoms with Crippen molar-refractivity contribution in [2.45, 2.75) is 38.1 Å². The molecule has 0 bridgehead atoms. The number of anilines is 2. The highest BCUT2D eigenvalue weighted by molar-refractivity contribution is 6.03. The molecule has 6 nitrogen and oxygen atoms in total. The molecule has 2 N–H and O–H groups in total. The minimum atomic E-state index is -0.243. The summed E-state index contributed by atoms with van der Waals surface area (Å²) in [6, 6.07) is 7.65. The second kappa shape index (κ2) is 7.77. The predicted molar refractivity (Wildman–Crippen MR) is 93.5 cm³/mol. The zero-order valence-corrected chi connectivity index (χ0v) is 13.8. The standard InChI is InChI=1S/C18H22N4O2/c1-24-16-9-5-8-15(10-16)21-17(23)13-11-19-18(20-12-13)22-14-6-3-2-4-7-14/h5,8-12,14H,2-4,6-7H2,1H3,(H,21,23)(H,19,20,22). The Morgan fingerprint density at radius 3 is 2.62 bits per heavy atom. The third kappa shape index (κ3) is 4.22. The molecule has 1 aromatic carbocycles. The molecule has 24 heavy (non-hydrogen) atoms. The van der Waals surface area contributed by atoms with Crippen molar-refractivity contribution in [1.82, 2.24) is 9.97 Å². The van der Waals surface area contributed by atoms with Gasteiger partial charge in [-0.3, -0.25) is 4.79 Å². The third-order valence-electron chi connectivity index (χ3n) is 4.18. The molecule has 0 unspecified atom stereocenters. The van der Waals surface area contributed by atoms with E-state index < -0.39 is 0 Å². The Morgan fingerprint density at radius 1 is 1.17 bits per heavy atom. The number of carbonyl (C=O) groups excluding carboxylic acids is 1. The van der Waals surface area contributed by atoms with Gasteiger partial charge in [0.25, 0.3) is 5.91 Å². The van der Waals surface area contributed by atoms with Crippen LogP contribution >= 0.6 is 0 Å². The third-order valence-corrected chi connectivity index (χ3v) is 4.18. The van der Waals surface area contributed by atoms with Crippen molar-refractivity contribution in [3.63, 3.8) is 0 Å². The number of carbonyl (C=O) groups is 1. The molecule has 2 aromatic rings. The first-order valence-corrected chi connectivity index (χ1v) is 8.28. The highest BCUT2D eigenvalue weighted by Gasteiger charge is 2.14. The average Bonchev–Trinajstić information content (AvgIpc) is 2.63. The van der Waals surface area contributed by atoms with Crippen LogP contribution in [0.4, 0.5) is 11.6 Å². The van der Waals surface area contributed by atoms with Gasteiger partial charge in [-0.15, -0.1) is 0 Å². The maximum Gasteiger partial charge on any atom is 0.258 e. The van der Waals surface area contributed by atoms with E-state index >= 15 is 0 Å². The second-order valence-corrected chi connectivity index (χ2v) is 5.96. The summed E-state index contributed by atoms with van der Waals surface area (Å²) in [6.07, 6.45) is 9.21. The fourth-order valence-electron chi connectivity index (χ4n) is 2.85. The van der Waals surface area contributed by atoms with E-state index in [4.69, 9.17) is 4.74 Å². The lowest BCUT2D eigenvalue weighted by atomic mass is 9.96. The number of hydrogen-bond donors (Lipinski definition) is 2. The number of benzene rings is 1. The van der Waals surface area contributed by atoms with E-state index in [9.17, 15) is 4.79 Å². The van der Waals surface area contributed by atoms with Crippen molar-refractivity contribution >= 4 is 17.5 Å². The molecule has 6 heteroatoms. The molecule has 1 heterocycles. The van der Waals surface area contributed by atoms with Crippen molar-refractivity contribution in [3.8, 4) is 5.75 Å². The van der Waals surface area contributed by atoms with Crippen LogP contribution in [0.25, 0.3) is 0 Å². The maximum atomic E-state index is 12.3. The lowest BCUT2D eigenvalue weighted by Gasteiger charge is -2.22. The summed E-state index contributed by atoms with van der Waals surface area (Å²) in [6.45, 7) is 0. The Labute approximate surface area is 141 Å². The fourth-order valence-corrected chi connectivity index (χ4v) is 2.85. The largest absolute Gasteiger partial charge is 0.497 e. The number of ether oxygens (including phenoxy) is 1. The van der Waals surface area contributed by atoms with E-state index in [0.717, 1.165) is 12.8 Å². The number of amides is 1. The van der Waals surface area contributed by atoms with Crippen molar-refractivity contribution in [2.75, 3.05) is 17.7 Å². The van der Waals surface area contributed by atoms with Crippen LogP contribution < -0.4 is 15.4 Å². The van der Waals surface area contributed by atoms with Crippen molar-refractivity contribution in [3.05, 3.63) is 42.2 Å². The van der Waals surface area contributed by atoms with Crippen LogP contribution in [-0.4, -0.2) is 29.0 Å². The predicted octanol–water partition coefficient (Wildman–Crippen LogP) is 3.48. The van der Waals surface area contributed by atoms with Gasteiger partial charge in [0.15, 0.2) is 0 Å². The molecule has 0 saturated heterocycles. The summed E-state index contributed by atoms with van der Waals surface area (Å²) in [5.74, 6) is 1.03. The first-order valence-electron chi connectivity index (χ1n) is 8.28. The lowest BCUT2D eigenvalue weighted by Crippen LogP contribution is -2.23. The molecule has 1 aromatic heterocycles. The molecular weight excluding hydrogens is 304 g/mol. The highest BCUT2D eigenvalue weighted by Crippen LogP contribution is 2.20. The Bertz CT molecular complexity index is 682. The van der Waals surface area contributed by atoms with Gasteiger partial charge in [0.05, 0.1) is 12.7 Å². The topological polar surface area (TPSA) is 76.1 Å². The van der Waals surface area contributed by atoms with Gasteiger partial charge >= 0.3 is 0 Å². The Kier molecular flexibility index (Phi) is 5.25. The molecule has 0 spiro atoms. The van der Waals surface area contributed by atoms with Gasteiger partial charge in [-0.1, -0.05) is 25.3 Å². The van der Waals surface area contributed by atoms with Crippen LogP contribution in [0.3, 0.4) is 0 Å². The normalized spacial score (nSPS) is 14.9. The van der Waals surface area contributed by atoms with E-state index in [0.29, 0.717) is 29.0 Å². The number of aromatic nitrogens is 2. The number of hydrogen-bond acceptors (Lipinski definition) is 5. The molecule has 1 aliphatic carbocycles. The Hall–Kier alpha value is -2.63. The van der Waals surface area contributed by atoms with E-state index in [1.807, 2.05) is 12.1 Å². The summed E-state index contributed by atoms with van der Waals surface area (Å²) >= 11 is 0. The van der Waals surface area contributed by atoms with E-state index in [2.05, 4.69) is 20.6 Å². The molecule has 126 valence electrons. The molecule has 0 atom stereocenters. The summed E-state index contributed by atoms with van der Waals surface area (Å²) in [4.78, 5) is 20.8. The molecule has 0 aliphatic heterocycles. The minimum Gasteiger partial charge on any atom is -0.497 e. The quantitative estimate of drug-likeness (QED) is 0.879. The number of nitrogens with one attached hydrogen (secondary N) is 2. The fraction of sp³-hybridized carbons (Fsp3) is 0.389. The van der Waals surface area contributed by atoms with Crippen molar-refractivity contribution in [2.24, 2.45) is 0 Å². The van der Waals surface area contributed by atoms with Gasteiger partial charge in [0.1, 0.15) is 5.75 Å². The Morgan fingerprint density at radius 2 is 1.92 bits per heavy atom. The molecular formula is C18H22N4O2. The van der Waals surface area contributed by atoms with Crippen LogP contribution in [-0.2, 0) is 0 Å². The van der Waals surface area contributed by atoms with Gasteiger partial charge in [-0.2, -0.15) is 0 Å². The molecule has 3 rings (SSSR count).